The Labute approximate surface area is 149 Å². The Bertz CT molecular complexity index is 926. The highest BCUT2D eigenvalue weighted by molar-refractivity contribution is 6.05. The molecule has 26 heavy (non-hydrogen) atoms. The standard InChI is InChI=1S/C19H18FN3O3/c1-2-3-18-21-19(23-22-18)16(25)11-15(24)17-9-8-14(26-17)10-12-4-6-13(20)7-5-12/h4-9,11,25H,2-3,10H2,1H3,(H,21,22,23). The van der Waals surface area contributed by atoms with Crippen molar-refractivity contribution < 1.29 is 18.7 Å². The highest BCUT2D eigenvalue weighted by Crippen LogP contribution is 2.16. The van der Waals surface area contributed by atoms with Crippen LogP contribution in [-0.2, 0) is 12.8 Å². The highest BCUT2D eigenvalue weighted by atomic mass is 19.1. The first-order valence-corrected chi connectivity index (χ1v) is 8.25. The summed E-state index contributed by atoms with van der Waals surface area (Å²) < 4.78 is 18.4. The lowest BCUT2D eigenvalue weighted by Gasteiger charge is -1.98. The van der Waals surface area contributed by atoms with Gasteiger partial charge in [-0.25, -0.2) is 9.37 Å². The lowest BCUT2D eigenvalue weighted by atomic mass is 10.1. The van der Waals surface area contributed by atoms with Gasteiger partial charge in [-0.1, -0.05) is 19.1 Å². The predicted molar refractivity (Wildman–Crippen MR) is 93.2 cm³/mol. The van der Waals surface area contributed by atoms with E-state index in [0.29, 0.717) is 24.4 Å². The molecular weight excluding hydrogens is 337 g/mol. The zero-order chi connectivity index (χ0) is 18.5. The second-order valence-corrected chi connectivity index (χ2v) is 5.82. The van der Waals surface area contributed by atoms with E-state index in [4.69, 9.17) is 4.42 Å². The molecule has 0 aliphatic carbocycles. The van der Waals surface area contributed by atoms with Crippen LogP contribution in [0.15, 0.2) is 46.9 Å². The number of carbonyl (C=O) groups is 1. The van der Waals surface area contributed by atoms with Crippen molar-refractivity contribution in [3.8, 4) is 0 Å². The number of hydrogen-bond donors (Lipinski definition) is 2. The van der Waals surface area contributed by atoms with E-state index in [9.17, 15) is 14.3 Å². The van der Waals surface area contributed by atoms with Crippen molar-refractivity contribution in [3.63, 3.8) is 0 Å². The number of nitrogens with one attached hydrogen (secondary N) is 1. The molecule has 0 amide bonds. The van der Waals surface area contributed by atoms with Crippen LogP contribution in [0.2, 0.25) is 0 Å². The van der Waals surface area contributed by atoms with Gasteiger partial charge in [0.2, 0.25) is 11.6 Å². The minimum absolute atomic E-state index is 0.0693. The van der Waals surface area contributed by atoms with E-state index in [1.54, 1.807) is 18.2 Å². The molecule has 0 fully saturated rings. The van der Waals surface area contributed by atoms with Gasteiger partial charge in [-0.2, -0.15) is 5.10 Å². The third-order valence-electron chi connectivity index (χ3n) is 3.71. The van der Waals surface area contributed by atoms with Gasteiger partial charge in [0, 0.05) is 18.9 Å². The van der Waals surface area contributed by atoms with Crippen LogP contribution in [0.1, 0.15) is 46.9 Å². The predicted octanol–water partition coefficient (Wildman–Crippen LogP) is 3.86. The first kappa shape index (κ1) is 17.6. The number of ketones is 1. The van der Waals surface area contributed by atoms with Crippen LogP contribution >= 0.6 is 0 Å². The molecule has 0 radical (unpaired) electrons. The molecular formula is C19H18FN3O3. The monoisotopic (exact) mass is 355 g/mol. The van der Waals surface area contributed by atoms with Crippen LogP contribution in [0.3, 0.4) is 0 Å². The molecule has 3 aromatic rings. The number of halogens is 1. The largest absolute Gasteiger partial charge is 0.504 e. The summed E-state index contributed by atoms with van der Waals surface area (Å²) in [7, 11) is 0. The number of aliphatic hydroxyl groups is 1. The molecule has 2 heterocycles. The molecule has 0 unspecified atom stereocenters. The van der Waals surface area contributed by atoms with Crippen LogP contribution in [0.25, 0.3) is 5.76 Å². The maximum Gasteiger partial charge on any atom is 0.224 e. The number of H-pyrrole nitrogens is 1. The third-order valence-corrected chi connectivity index (χ3v) is 3.71. The van der Waals surface area contributed by atoms with Gasteiger partial charge in [0.25, 0.3) is 0 Å². The maximum atomic E-state index is 12.9. The van der Waals surface area contributed by atoms with Gasteiger partial charge in [-0.3, -0.25) is 9.89 Å². The summed E-state index contributed by atoms with van der Waals surface area (Å²) in [6.07, 6.45) is 3.06. The van der Waals surface area contributed by atoms with E-state index >= 15 is 0 Å². The quantitative estimate of drug-likeness (QED) is 0.381. The SMILES string of the molecule is CCCc1nc(C(O)=CC(=O)c2ccc(Cc3ccc(F)cc3)o2)n[nH]1. The maximum absolute atomic E-state index is 12.9. The second kappa shape index (κ2) is 7.77. The van der Waals surface area contributed by atoms with Crippen molar-refractivity contribution in [3.05, 3.63) is 77.0 Å². The molecule has 0 spiro atoms. The van der Waals surface area contributed by atoms with E-state index < -0.39 is 5.78 Å². The van der Waals surface area contributed by atoms with E-state index in [2.05, 4.69) is 15.2 Å². The smallest absolute Gasteiger partial charge is 0.224 e. The van der Waals surface area contributed by atoms with Crippen LogP contribution in [-0.4, -0.2) is 26.1 Å². The van der Waals surface area contributed by atoms with Crippen LogP contribution in [0.5, 0.6) is 0 Å². The van der Waals surface area contributed by atoms with E-state index in [-0.39, 0.29) is 23.2 Å². The number of allylic oxidation sites excluding steroid dienone is 1. The molecule has 7 heteroatoms. The summed E-state index contributed by atoms with van der Waals surface area (Å²) in [5, 5.41) is 16.6. The summed E-state index contributed by atoms with van der Waals surface area (Å²) in [6, 6.07) is 9.26. The molecule has 0 saturated heterocycles. The number of rotatable bonds is 7. The van der Waals surface area contributed by atoms with Crippen molar-refractivity contribution in [1.82, 2.24) is 15.2 Å². The van der Waals surface area contributed by atoms with Crippen molar-refractivity contribution >= 4 is 11.5 Å². The molecule has 0 atom stereocenters. The van der Waals surface area contributed by atoms with Gasteiger partial charge in [0.1, 0.15) is 17.4 Å². The minimum Gasteiger partial charge on any atom is -0.504 e. The average molecular weight is 355 g/mol. The number of aromatic amines is 1. The summed E-state index contributed by atoms with van der Waals surface area (Å²) in [5.41, 5.74) is 0.863. The summed E-state index contributed by atoms with van der Waals surface area (Å²) in [6.45, 7) is 2.00. The first-order valence-electron chi connectivity index (χ1n) is 8.25. The number of furan rings is 1. The molecule has 0 aliphatic rings. The fourth-order valence-electron chi connectivity index (χ4n) is 2.43. The van der Waals surface area contributed by atoms with Crippen molar-refractivity contribution in [2.45, 2.75) is 26.2 Å². The second-order valence-electron chi connectivity index (χ2n) is 5.82. The molecule has 0 bridgehead atoms. The Morgan fingerprint density at radius 3 is 2.77 bits per heavy atom. The minimum atomic E-state index is -0.491. The molecule has 134 valence electrons. The first-order chi connectivity index (χ1) is 12.5. The lowest BCUT2D eigenvalue weighted by molar-refractivity contribution is 0.101. The Morgan fingerprint density at radius 1 is 1.27 bits per heavy atom. The Hall–Kier alpha value is -3.22. The van der Waals surface area contributed by atoms with Crippen molar-refractivity contribution in [2.75, 3.05) is 0 Å². The zero-order valence-corrected chi connectivity index (χ0v) is 14.2. The number of benzene rings is 1. The third kappa shape index (κ3) is 4.24. The number of aliphatic hydroxyl groups excluding tert-OH is 1. The Kier molecular flexibility index (Phi) is 5.26. The average Bonchev–Trinajstić information content (AvgIpc) is 3.27. The van der Waals surface area contributed by atoms with Gasteiger partial charge in [-0.15, -0.1) is 0 Å². The van der Waals surface area contributed by atoms with E-state index in [1.807, 2.05) is 6.92 Å². The Morgan fingerprint density at radius 2 is 2.04 bits per heavy atom. The molecule has 1 aromatic carbocycles. The van der Waals surface area contributed by atoms with Crippen molar-refractivity contribution in [1.29, 1.82) is 0 Å². The van der Waals surface area contributed by atoms with Gasteiger partial charge in [0.05, 0.1) is 0 Å². The molecule has 6 nitrogen and oxygen atoms in total. The van der Waals surface area contributed by atoms with Gasteiger partial charge >= 0.3 is 0 Å². The van der Waals surface area contributed by atoms with E-state index in [0.717, 1.165) is 18.1 Å². The number of aryl methyl sites for hydroxylation is 1. The van der Waals surface area contributed by atoms with Crippen molar-refractivity contribution in [2.24, 2.45) is 0 Å². The van der Waals surface area contributed by atoms with E-state index in [1.165, 1.54) is 18.2 Å². The molecule has 2 N–H and O–H groups in total. The molecule has 0 aliphatic heterocycles. The topological polar surface area (TPSA) is 92.0 Å². The number of aromatic nitrogens is 3. The van der Waals surface area contributed by atoms with Gasteiger partial charge in [-0.05, 0) is 36.2 Å². The zero-order valence-electron chi connectivity index (χ0n) is 14.2. The highest BCUT2D eigenvalue weighted by Gasteiger charge is 2.14. The van der Waals surface area contributed by atoms with Gasteiger partial charge < -0.3 is 9.52 Å². The fraction of sp³-hybridized carbons (Fsp3) is 0.211. The molecule has 0 saturated carbocycles. The summed E-state index contributed by atoms with van der Waals surface area (Å²) >= 11 is 0. The van der Waals surface area contributed by atoms with Crippen LogP contribution in [0, 0.1) is 5.82 Å². The van der Waals surface area contributed by atoms with Crippen LogP contribution in [0.4, 0.5) is 4.39 Å². The fourth-order valence-corrected chi connectivity index (χ4v) is 2.43. The number of nitrogens with zero attached hydrogens (tertiary/aromatic N) is 2. The van der Waals surface area contributed by atoms with Gasteiger partial charge in [0.15, 0.2) is 11.5 Å². The van der Waals surface area contributed by atoms with Crippen LogP contribution < -0.4 is 0 Å². The molecule has 2 aromatic heterocycles. The lowest BCUT2D eigenvalue weighted by Crippen LogP contribution is -1.96. The number of carbonyl (C=O) groups excluding carboxylic acids is 1. The Balaban J connectivity index is 1.69. The number of hydrogen-bond acceptors (Lipinski definition) is 5. The normalized spacial score (nSPS) is 11.7. The summed E-state index contributed by atoms with van der Waals surface area (Å²) in [4.78, 5) is 16.3. The summed E-state index contributed by atoms with van der Waals surface area (Å²) in [5.74, 6) is 0.252. The molecule has 3 rings (SSSR count).